The van der Waals surface area contributed by atoms with E-state index in [0.29, 0.717) is 0 Å². The number of nitrogens with one attached hydrogen (secondary N) is 1. The van der Waals surface area contributed by atoms with Crippen LogP contribution in [0.4, 0.5) is 0 Å². The summed E-state index contributed by atoms with van der Waals surface area (Å²) in [6, 6.07) is 0.853. The van der Waals surface area contributed by atoms with E-state index in [1.165, 1.54) is 58.0 Å². The van der Waals surface area contributed by atoms with Gasteiger partial charge < -0.3 is 10.1 Å². The van der Waals surface area contributed by atoms with E-state index in [9.17, 15) is 0 Å². The predicted octanol–water partition coefficient (Wildman–Crippen LogP) is 1.77. The van der Waals surface area contributed by atoms with Gasteiger partial charge in [0.15, 0.2) is 0 Å². The minimum absolute atomic E-state index is 0.147. The van der Waals surface area contributed by atoms with E-state index in [-0.39, 0.29) is 5.60 Å². The third kappa shape index (κ3) is 2.67. The van der Waals surface area contributed by atoms with Gasteiger partial charge in [-0.1, -0.05) is 19.3 Å². The molecule has 0 amide bonds. The average molecular weight is 238 g/mol. The highest BCUT2D eigenvalue weighted by Gasteiger charge is 2.39. The average Bonchev–Trinajstić information content (AvgIpc) is 2.41. The first-order valence-corrected chi connectivity index (χ1v) is 7.47. The summed E-state index contributed by atoms with van der Waals surface area (Å²) in [6.45, 7) is 5.51. The number of piperidine rings is 1. The molecule has 0 aromatic carbocycles. The van der Waals surface area contributed by atoms with Gasteiger partial charge in [0, 0.05) is 25.7 Å². The highest BCUT2D eigenvalue weighted by molar-refractivity contribution is 4.94. The van der Waals surface area contributed by atoms with Crippen molar-refractivity contribution in [2.75, 3.05) is 32.8 Å². The molecule has 1 N–H and O–H groups in total. The van der Waals surface area contributed by atoms with Crippen LogP contribution >= 0.6 is 0 Å². The third-order valence-corrected chi connectivity index (χ3v) is 4.80. The van der Waals surface area contributed by atoms with Crippen LogP contribution in [-0.4, -0.2) is 49.3 Å². The lowest BCUT2D eigenvalue weighted by molar-refractivity contribution is -0.130. The van der Waals surface area contributed by atoms with E-state index < -0.39 is 0 Å². The number of hydrogen-bond donors (Lipinski definition) is 1. The lowest BCUT2D eigenvalue weighted by Crippen LogP contribution is -2.60. The lowest BCUT2D eigenvalue weighted by atomic mass is 9.88. The number of ether oxygens (including phenoxy) is 1. The van der Waals surface area contributed by atoms with Gasteiger partial charge >= 0.3 is 0 Å². The van der Waals surface area contributed by atoms with Crippen LogP contribution in [0.3, 0.4) is 0 Å². The van der Waals surface area contributed by atoms with Crippen molar-refractivity contribution in [1.82, 2.24) is 10.2 Å². The highest BCUT2D eigenvalue weighted by Crippen LogP contribution is 2.30. The minimum atomic E-state index is 0.147. The first-order valence-electron chi connectivity index (χ1n) is 7.47. The van der Waals surface area contributed by atoms with Crippen molar-refractivity contribution in [3.8, 4) is 0 Å². The number of rotatable bonds is 1. The quantitative estimate of drug-likeness (QED) is 0.753. The first kappa shape index (κ1) is 11.9. The van der Waals surface area contributed by atoms with Gasteiger partial charge in [0.2, 0.25) is 0 Å². The van der Waals surface area contributed by atoms with E-state index in [4.69, 9.17) is 4.74 Å². The summed E-state index contributed by atoms with van der Waals surface area (Å²) in [6.07, 6.45) is 9.70. The van der Waals surface area contributed by atoms with E-state index >= 15 is 0 Å². The van der Waals surface area contributed by atoms with Crippen molar-refractivity contribution in [2.45, 2.75) is 56.6 Å². The van der Waals surface area contributed by atoms with Gasteiger partial charge in [-0.3, -0.25) is 4.90 Å². The van der Waals surface area contributed by atoms with Crippen LogP contribution in [0.25, 0.3) is 0 Å². The standard InChI is InChI=1S/C14H26N2O/c1-2-5-13(6-3-1)16-9-10-17-14(12-16)7-4-8-15-11-14/h13,15H,1-12H2/t14-/m1/s1. The molecule has 1 atom stereocenters. The summed E-state index contributed by atoms with van der Waals surface area (Å²) in [7, 11) is 0. The Labute approximate surface area is 105 Å². The topological polar surface area (TPSA) is 24.5 Å². The molecule has 1 saturated carbocycles. The zero-order valence-electron chi connectivity index (χ0n) is 10.9. The van der Waals surface area contributed by atoms with Crippen LogP contribution in [0.1, 0.15) is 44.9 Å². The SMILES string of the molecule is C1CCC(N2CCO[C@@]3(CCCNC3)C2)CC1. The van der Waals surface area contributed by atoms with Crippen LogP contribution in [0, 0.1) is 0 Å². The molecule has 98 valence electrons. The fourth-order valence-corrected chi connectivity index (χ4v) is 3.83. The van der Waals surface area contributed by atoms with Crippen LogP contribution in [0.15, 0.2) is 0 Å². The molecule has 2 heterocycles. The fourth-order valence-electron chi connectivity index (χ4n) is 3.83. The molecule has 3 fully saturated rings. The molecule has 17 heavy (non-hydrogen) atoms. The molecular formula is C14H26N2O. The predicted molar refractivity (Wildman–Crippen MR) is 69.2 cm³/mol. The summed E-state index contributed by atoms with van der Waals surface area (Å²) in [5, 5.41) is 3.52. The van der Waals surface area contributed by atoms with Gasteiger partial charge in [0.1, 0.15) is 0 Å². The van der Waals surface area contributed by atoms with Crippen molar-refractivity contribution < 1.29 is 4.74 Å². The van der Waals surface area contributed by atoms with Crippen LogP contribution in [0.2, 0.25) is 0 Å². The Kier molecular flexibility index (Phi) is 3.69. The zero-order chi connectivity index (χ0) is 11.6. The Balaban J connectivity index is 1.61. The summed E-state index contributed by atoms with van der Waals surface area (Å²) >= 11 is 0. The number of hydrogen-bond acceptors (Lipinski definition) is 3. The molecule has 3 rings (SSSR count). The lowest BCUT2D eigenvalue weighted by Gasteiger charge is -2.48. The number of nitrogens with zero attached hydrogens (tertiary/aromatic N) is 1. The van der Waals surface area contributed by atoms with E-state index in [2.05, 4.69) is 10.2 Å². The van der Waals surface area contributed by atoms with Crippen LogP contribution in [0.5, 0.6) is 0 Å². The molecule has 0 aromatic rings. The summed E-state index contributed by atoms with van der Waals surface area (Å²) in [4.78, 5) is 2.73. The molecule has 2 aliphatic heterocycles. The summed E-state index contributed by atoms with van der Waals surface area (Å²) in [5.74, 6) is 0. The van der Waals surface area contributed by atoms with Gasteiger partial charge in [-0.15, -0.1) is 0 Å². The van der Waals surface area contributed by atoms with Gasteiger partial charge in [-0.2, -0.15) is 0 Å². The molecule has 3 aliphatic rings. The highest BCUT2D eigenvalue weighted by atomic mass is 16.5. The molecule has 0 bridgehead atoms. The zero-order valence-corrected chi connectivity index (χ0v) is 10.9. The van der Waals surface area contributed by atoms with Gasteiger partial charge in [-0.25, -0.2) is 0 Å². The first-order chi connectivity index (χ1) is 8.38. The van der Waals surface area contributed by atoms with Crippen molar-refractivity contribution in [3.63, 3.8) is 0 Å². The maximum atomic E-state index is 6.12. The Morgan fingerprint density at radius 3 is 2.76 bits per heavy atom. The van der Waals surface area contributed by atoms with Crippen molar-refractivity contribution in [1.29, 1.82) is 0 Å². The largest absolute Gasteiger partial charge is 0.371 e. The maximum Gasteiger partial charge on any atom is 0.0933 e. The van der Waals surface area contributed by atoms with E-state index in [1.54, 1.807) is 0 Å². The monoisotopic (exact) mass is 238 g/mol. The van der Waals surface area contributed by atoms with Crippen LogP contribution < -0.4 is 5.32 Å². The third-order valence-electron chi connectivity index (χ3n) is 4.80. The van der Waals surface area contributed by atoms with Gasteiger partial charge in [0.25, 0.3) is 0 Å². The second-order valence-corrected chi connectivity index (χ2v) is 6.07. The Morgan fingerprint density at radius 2 is 2.00 bits per heavy atom. The smallest absolute Gasteiger partial charge is 0.0933 e. The second kappa shape index (κ2) is 5.25. The fraction of sp³-hybridized carbons (Fsp3) is 1.00. The second-order valence-electron chi connectivity index (χ2n) is 6.07. The van der Waals surface area contributed by atoms with Gasteiger partial charge in [0.05, 0.1) is 12.2 Å². The van der Waals surface area contributed by atoms with Crippen molar-refractivity contribution in [3.05, 3.63) is 0 Å². The number of morpholine rings is 1. The molecule has 2 saturated heterocycles. The maximum absolute atomic E-state index is 6.12. The molecule has 0 unspecified atom stereocenters. The van der Waals surface area contributed by atoms with E-state index in [0.717, 1.165) is 25.7 Å². The molecule has 1 aliphatic carbocycles. The normalized spacial score (nSPS) is 37.4. The molecular weight excluding hydrogens is 212 g/mol. The van der Waals surface area contributed by atoms with E-state index in [1.807, 2.05) is 0 Å². The van der Waals surface area contributed by atoms with Crippen LogP contribution in [-0.2, 0) is 4.74 Å². The van der Waals surface area contributed by atoms with Crippen molar-refractivity contribution in [2.24, 2.45) is 0 Å². The molecule has 1 spiro atoms. The molecule has 3 heteroatoms. The Bertz CT molecular complexity index is 239. The van der Waals surface area contributed by atoms with Crippen molar-refractivity contribution >= 4 is 0 Å². The summed E-state index contributed by atoms with van der Waals surface area (Å²) in [5.41, 5.74) is 0.147. The molecule has 0 radical (unpaired) electrons. The summed E-state index contributed by atoms with van der Waals surface area (Å²) < 4.78 is 6.12. The Hall–Kier alpha value is -0.120. The Morgan fingerprint density at radius 1 is 1.12 bits per heavy atom. The van der Waals surface area contributed by atoms with Gasteiger partial charge in [-0.05, 0) is 32.2 Å². The molecule has 0 aromatic heterocycles. The minimum Gasteiger partial charge on any atom is -0.371 e. The molecule has 3 nitrogen and oxygen atoms in total.